The Morgan fingerprint density at radius 2 is 1.92 bits per heavy atom. The van der Waals surface area contributed by atoms with Crippen molar-refractivity contribution < 1.29 is 18.4 Å². The molecule has 1 aromatic heterocycles. The summed E-state index contributed by atoms with van der Waals surface area (Å²) in [5.74, 6) is -0.340. The van der Waals surface area contributed by atoms with Gasteiger partial charge >= 0.3 is 6.03 Å². The molecular weight excluding hydrogens is 320 g/mol. The molecule has 3 amide bonds. The molecule has 0 unspecified atom stereocenters. The van der Waals surface area contributed by atoms with Gasteiger partial charge in [0.1, 0.15) is 11.4 Å². The number of rotatable bonds is 4. The van der Waals surface area contributed by atoms with Crippen molar-refractivity contribution in [2.45, 2.75) is 26.2 Å². The van der Waals surface area contributed by atoms with Gasteiger partial charge in [0.15, 0.2) is 0 Å². The second kappa shape index (κ2) is 8.07. The van der Waals surface area contributed by atoms with Crippen molar-refractivity contribution >= 4 is 11.9 Å². The zero-order valence-corrected chi connectivity index (χ0v) is 14.0. The smallest absolute Gasteiger partial charge is 0.317 e. The molecule has 0 radical (unpaired) electrons. The highest BCUT2D eigenvalue weighted by Gasteiger charge is 2.26. The predicted molar refractivity (Wildman–Crippen MR) is 83.9 cm³/mol. The molecule has 7 nitrogen and oxygen atoms in total. The number of hydrogen-bond acceptors (Lipinski definition) is 3. The van der Waals surface area contributed by atoms with Crippen LogP contribution in [0.15, 0.2) is 6.07 Å². The maximum Gasteiger partial charge on any atom is 0.317 e. The van der Waals surface area contributed by atoms with Gasteiger partial charge in [-0.3, -0.25) is 9.48 Å². The van der Waals surface area contributed by atoms with Crippen molar-refractivity contribution in [1.29, 1.82) is 0 Å². The molecule has 0 spiro atoms. The zero-order chi connectivity index (χ0) is 17.7. The van der Waals surface area contributed by atoms with Crippen LogP contribution in [0.2, 0.25) is 0 Å². The highest BCUT2D eigenvalue weighted by Crippen LogP contribution is 2.19. The van der Waals surface area contributed by atoms with Crippen LogP contribution in [0, 0.1) is 0 Å². The topological polar surface area (TPSA) is 70.5 Å². The van der Waals surface area contributed by atoms with E-state index in [-0.39, 0.29) is 17.6 Å². The normalized spacial score (nSPS) is 15.5. The first-order valence-corrected chi connectivity index (χ1v) is 8.08. The fourth-order valence-electron chi connectivity index (χ4n) is 2.63. The molecule has 1 fully saturated rings. The van der Waals surface area contributed by atoms with E-state index in [9.17, 15) is 18.4 Å². The van der Waals surface area contributed by atoms with E-state index in [1.807, 2.05) is 6.92 Å². The van der Waals surface area contributed by atoms with Crippen LogP contribution >= 0.6 is 0 Å². The molecule has 134 valence electrons. The van der Waals surface area contributed by atoms with E-state index >= 15 is 0 Å². The lowest BCUT2D eigenvalue weighted by atomic mass is 10.3. The first-order chi connectivity index (χ1) is 11.4. The fraction of sp³-hybridized carbons (Fsp3) is 0.667. The summed E-state index contributed by atoms with van der Waals surface area (Å²) in [4.78, 5) is 27.8. The Labute approximate surface area is 139 Å². The molecular formula is C15H23F2N5O2. The Hall–Kier alpha value is -2.19. The molecule has 24 heavy (non-hydrogen) atoms. The van der Waals surface area contributed by atoms with Crippen molar-refractivity contribution in [3.05, 3.63) is 17.5 Å². The molecule has 2 heterocycles. The van der Waals surface area contributed by atoms with Gasteiger partial charge in [0, 0.05) is 39.8 Å². The lowest BCUT2D eigenvalue weighted by molar-refractivity contribution is 0.0751. The third-order valence-corrected chi connectivity index (χ3v) is 3.94. The number of carbonyl (C=O) groups is 2. The number of aryl methyl sites for hydroxylation is 1. The van der Waals surface area contributed by atoms with Crippen LogP contribution in [0.4, 0.5) is 13.6 Å². The maximum absolute atomic E-state index is 12.7. The maximum atomic E-state index is 12.7. The third kappa shape index (κ3) is 4.21. The fourth-order valence-corrected chi connectivity index (χ4v) is 2.63. The number of amides is 3. The Bertz CT molecular complexity index is 590. The lowest BCUT2D eigenvalue weighted by Crippen LogP contribution is -2.43. The van der Waals surface area contributed by atoms with Crippen LogP contribution in [-0.4, -0.2) is 64.2 Å². The summed E-state index contributed by atoms with van der Waals surface area (Å²) < 4.78 is 26.6. The van der Waals surface area contributed by atoms with Crippen molar-refractivity contribution in [2.75, 3.05) is 32.7 Å². The molecule has 1 aliphatic rings. The van der Waals surface area contributed by atoms with E-state index < -0.39 is 12.1 Å². The van der Waals surface area contributed by atoms with Crippen molar-refractivity contribution in [3.8, 4) is 0 Å². The van der Waals surface area contributed by atoms with E-state index in [4.69, 9.17) is 0 Å². The number of aromatic nitrogens is 2. The minimum atomic E-state index is -2.71. The molecule has 1 saturated heterocycles. The number of carbonyl (C=O) groups excluding carboxylic acids is 2. The van der Waals surface area contributed by atoms with Crippen molar-refractivity contribution in [1.82, 2.24) is 24.9 Å². The summed E-state index contributed by atoms with van der Waals surface area (Å²) in [5.41, 5.74) is -0.273. The molecule has 0 saturated carbocycles. The van der Waals surface area contributed by atoms with Crippen LogP contribution in [0.3, 0.4) is 0 Å². The van der Waals surface area contributed by atoms with E-state index in [0.717, 1.165) is 12.5 Å². The van der Waals surface area contributed by atoms with E-state index in [1.54, 1.807) is 9.80 Å². The molecule has 0 bridgehead atoms. The summed E-state index contributed by atoms with van der Waals surface area (Å²) in [6.07, 6.45) is -1.21. The summed E-state index contributed by atoms with van der Waals surface area (Å²) in [6.45, 7) is 4.42. The number of alkyl halides is 2. The Morgan fingerprint density at radius 3 is 2.54 bits per heavy atom. The number of hydrogen-bond donors (Lipinski definition) is 1. The van der Waals surface area contributed by atoms with E-state index in [1.165, 1.54) is 11.7 Å². The largest absolute Gasteiger partial charge is 0.338 e. The molecule has 0 atom stereocenters. The van der Waals surface area contributed by atoms with Gasteiger partial charge in [-0.15, -0.1) is 0 Å². The Morgan fingerprint density at radius 1 is 1.25 bits per heavy atom. The SMILES string of the molecule is CCCNC(=O)N1CCCN(C(=O)c2cc(C(F)F)nn2C)CC1. The molecule has 9 heteroatoms. The number of nitrogens with one attached hydrogen (secondary N) is 1. The van der Waals surface area contributed by atoms with Gasteiger partial charge < -0.3 is 15.1 Å². The van der Waals surface area contributed by atoms with Crippen molar-refractivity contribution in [2.24, 2.45) is 7.05 Å². The van der Waals surface area contributed by atoms with Crippen LogP contribution in [-0.2, 0) is 7.05 Å². The predicted octanol–water partition coefficient (Wildman–Crippen LogP) is 1.63. The molecule has 1 N–H and O–H groups in total. The number of halogens is 2. The number of urea groups is 1. The van der Waals surface area contributed by atoms with Gasteiger partial charge in [-0.2, -0.15) is 5.10 Å². The van der Waals surface area contributed by atoms with Crippen LogP contribution in [0.1, 0.15) is 42.4 Å². The minimum Gasteiger partial charge on any atom is -0.338 e. The summed E-state index contributed by atoms with van der Waals surface area (Å²) >= 11 is 0. The van der Waals surface area contributed by atoms with Gasteiger partial charge in [-0.25, -0.2) is 13.6 Å². The molecule has 0 aromatic carbocycles. The van der Waals surface area contributed by atoms with Gasteiger partial charge in [0.25, 0.3) is 12.3 Å². The van der Waals surface area contributed by atoms with Crippen LogP contribution in [0.25, 0.3) is 0 Å². The molecule has 2 rings (SSSR count). The lowest BCUT2D eigenvalue weighted by Gasteiger charge is -2.22. The Kier molecular flexibility index (Phi) is 6.10. The summed E-state index contributed by atoms with van der Waals surface area (Å²) in [6, 6.07) is 0.996. The zero-order valence-electron chi connectivity index (χ0n) is 14.0. The second-order valence-electron chi connectivity index (χ2n) is 5.74. The number of nitrogens with zero attached hydrogens (tertiary/aromatic N) is 4. The van der Waals surface area contributed by atoms with Crippen LogP contribution in [0.5, 0.6) is 0 Å². The summed E-state index contributed by atoms with van der Waals surface area (Å²) in [7, 11) is 1.47. The van der Waals surface area contributed by atoms with Crippen LogP contribution < -0.4 is 5.32 Å². The third-order valence-electron chi connectivity index (χ3n) is 3.94. The molecule has 0 aliphatic carbocycles. The highest BCUT2D eigenvalue weighted by atomic mass is 19.3. The average Bonchev–Trinajstić information content (AvgIpc) is 2.79. The Balaban J connectivity index is 2.00. The standard InChI is InChI=1S/C15H23F2N5O2/c1-3-5-18-15(24)22-7-4-6-21(8-9-22)14(23)12-10-11(13(16)17)19-20(12)2/h10,13H,3-9H2,1-2H3,(H,18,24). The second-order valence-corrected chi connectivity index (χ2v) is 5.74. The quantitative estimate of drug-likeness (QED) is 0.903. The van der Waals surface area contributed by atoms with Crippen molar-refractivity contribution in [3.63, 3.8) is 0 Å². The molecule has 1 aromatic rings. The van der Waals surface area contributed by atoms with E-state index in [2.05, 4.69) is 10.4 Å². The van der Waals surface area contributed by atoms with Gasteiger partial charge in [0.2, 0.25) is 0 Å². The molecule has 1 aliphatic heterocycles. The van der Waals surface area contributed by atoms with E-state index in [0.29, 0.717) is 39.1 Å². The highest BCUT2D eigenvalue weighted by molar-refractivity contribution is 5.92. The van der Waals surface area contributed by atoms with Gasteiger partial charge in [0.05, 0.1) is 0 Å². The monoisotopic (exact) mass is 343 g/mol. The minimum absolute atomic E-state index is 0.133. The first-order valence-electron chi connectivity index (χ1n) is 8.08. The average molecular weight is 343 g/mol. The van der Waals surface area contributed by atoms with Gasteiger partial charge in [-0.05, 0) is 18.9 Å². The van der Waals surface area contributed by atoms with Gasteiger partial charge in [-0.1, -0.05) is 6.92 Å². The first kappa shape index (κ1) is 18.2. The summed E-state index contributed by atoms with van der Waals surface area (Å²) in [5, 5.41) is 6.49.